The number of H-pyrrole nitrogens is 1. The van der Waals surface area contributed by atoms with Crippen molar-refractivity contribution < 1.29 is 14.4 Å². The zero-order chi connectivity index (χ0) is 18.8. The minimum Gasteiger partial charge on any atom is -0.349 e. The van der Waals surface area contributed by atoms with Gasteiger partial charge >= 0.3 is 0 Å². The molecule has 3 amide bonds. The summed E-state index contributed by atoms with van der Waals surface area (Å²) in [6.45, 7) is 0.452. The molecule has 0 spiro atoms. The number of carbonyl (C=O) groups is 3. The minimum atomic E-state index is -0.326. The number of aromatic amines is 1. The van der Waals surface area contributed by atoms with Crippen molar-refractivity contribution in [2.75, 3.05) is 6.54 Å². The van der Waals surface area contributed by atoms with E-state index < -0.39 is 0 Å². The number of hydrogen-bond donors (Lipinski definition) is 2. The van der Waals surface area contributed by atoms with Crippen LogP contribution in [-0.2, 0) is 18.4 Å². The van der Waals surface area contributed by atoms with E-state index in [1.54, 1.807) is 29.8 Å². The monoisotopic (exact) mass is 437 g/mol. The quantitative estimate of drug-likeness (QED) is 0.531. The van der Waals surface area contributed by atoms with Crippen LogP contribution in [0.5, 0.6) is 0 Å². The van der Waals surface area contributed by atoms with E-state index in [1.807, 2.05) is 0 Å². The summed E-state index contributed by atoms with van der Waals surface area (Å²) in [7, 11) is 1.76. The van der Waals surface area contributed by atoms with Crippen LogP contribution >= 0.6 is 28.1 Å². The lowest BCUT2D eigenvalue weighted by molar-refractivity contribution is -0.121. The van der Waals surface area contributed by atoms with E-state index in [1.165, 1.54) is 4.90 Å². The lowest BCUT2D eigenvalue weighted by atomic mass is 10.1. The highest BCUT2D eigenvalue weighted by molar-refractivity contribution is 9.10. The van der Waals surface area contributed by atoms with Crippen molar-refractivity contribution in [2.24, 2.45) is 7.05 Å². The smallest absolute Gasteiger partial charge is 0.261 e. The maximum absolute atomic E-state index is 12.3. The van der Waals surface area contributed by atoms with Gasteiger partial charge in [-0.25, -0.2) is 0 Å². The van der Waals surface area contributed by atoms with Crippen LogP contribution in [0.15, 0.2) is 22.7 Å². The van der Waals surface area contributed by atoms with Gasteiger partial charge in [0.2, 0.25) is 5.91 Å². The van der Waals surface area contributed by atoms with E-state index in [9.17, 15) is 14.4 Å². The highest BCUT2D eigenvalue weighted by Crippen LogP contribution is 2.26. The number of halogens is 1. The first kappa shape index (κ1) is 18.5. The maximum atomic E-state index is 12.3. The SMILES string of the molecule is Cn1c(CNC(=O)CCCN2C(=O)c3ccc(Br)cc3C2=O)n[nH]c1=S. The zero-order valence-corrected chi connectivity index (χ0v) is 16.3. The van der Waals surface area contributed by atoms with Crippen LogP contribution in [0.4, 0.5) is 0 Å². The van der Waals surface area contributed by atoms with Crippen LogP contribution in [0, 0.1) is 4.77 Å². The summed E-state index contributed by atoms with van der Waals surface area (Å²) in [5, 5.41) is 9.40. The molecule has 1 aromatic heterocycles. The Morgan fingerprint density at radius 3 is 2.73 bits per heavy atom. The van der Waals surface area contributed by atoms with Crippen LogP contribution in [-0.4, -0.2) is 43.9 Å². The van der Waals surface area contributed by atoms with Gasteiger partial charge in [-0.1, -0.05) is 15.9 Å². The number of aromatic nitrogens is 3. The van der Waals surface area contributed by atoms with Crippen molar-refractivity contribution in [3.05, 3.63) is 44.4 Å². The Bertz CT molecular complexity index is 952. The van der Waals surface area contributed by atoms with Crippen LogP contribution in [0.25, 0.3) is 0 Å². The third-order valence-electron chi connectivity index (χ3n) is 4.13. The van der Waals surface area contributed by atoms with Gasteiger partial charge in [0.15, 0.2) is 10.6 Å². The lowest BCUT2D eigenvalue weighted by Gasteiger charge is -2.13. The molecule has 2 N–H and O–H groups in total. The van der Waals surface area contributed by atoms with E-state index in [-0.39, 0.29) is 37.2 Å². The van der Waals surface area contributed by atoms with Gasteiger partial charge in [-0.05, 0) is 36.8 Å². The molecule has 0 unspecified atom stereocenters. The average molecular weight is 438 g/mol. The summed E-state index contributed by atoms with van der Waals surface area (Å²) in [5.41, 5.74) is 0.785. The number of imide groups is 1. The van der Waals surface area contributed by atoms with Crippen molar-refractivity contribution in [1.82, 2.24) is 25.0 Å². The largest absolute Gasteiger partial charge is 0.349 e. The third-order valence-corrected chi connectivity index (χ3v) is 4.99. The standard InChI is InChI=1S/C16H16BrN5O3S/c1-21-12(19-20-16(21)26)8-18-13(23)3-2-6-22-14(24)10-5-4-9(17)7-11(10)15(22)25/h4-5,7H,2-3,6,8H2,1H3,(H,18,23)(H,20,26). The van der Waals surface area contributed by atoms with E-state index in [0.29, 0.717) is 28.1 Å². The van der Waals surface area contributed by atoms with Crippen LogP contribution in [0.2, 0.25) is 0 Å². The van der Waals surface area contributed by atoms with E-state index in [0.717, 1.165) is 4.47 Å². The highest BCUT2D eigenvalue weighted by atomic mass is 79.9. The van der Waals surface area contributed by atoms with Crippen molar-refractivity contribution in [2.45, 2.75) is 19.4 Å². The fourth-order valence-electron chi connectivity index (χ4n) is 2.67. The molecule has 26 heavy (non-hydrogen) atoms. The van der Waals surface area contributed by atoms with E-state index >= 15 is 0 Å². The molecule has 10 heteroatoms. The molecule has 0 saturated carbocycles. The Balaban J connectivity index is 1.50. The molecule has 1 aliphatic rings. The van der Waals surface area contributed by atoms with Crippen molar-refractivity contribution in [3.8, 4) is 0 Å². The van der Waals surface area contributed by atoms with E-state index in [4.69, 9.17) is 12.2 Å². The predicted molar refractivity (Wildman–Crippen MR) is 99.0 cm³/mol. The second-order valence-electron chi connectivity index (χ2n) is 5.84. The summed E-state index contributed by atoms with van der Waals surface area (Å²) in [6.07, 6.45) is 0.587. The molecule has 0 atom stereocenters. The summed E-state index contributed by atoms with van der Waals surface area (Å²) in [6, 6.07) is 4.99. The highest BCUT2D eigenvalue weighted by Gasteiger charge is 2.35. The molecule has 1 aliphatic heterocycles. The Kier molecular flexibility index (Phi) is 5.33. The molecule has 1 aromatic carbocycles. The number of benzene rings is 1. The number of nitrogens with zero attached hydrogens (tertiary/aromatic N) is 3. The van der Waals surface area contributed by atoms with Gasteiger partial charge in [0.25, 0.3) is 11.8 Å². The molecule has 0 fully saturated rings. The number of fused-ring (bicyclic) bond motifs is 1. The van der Waals surface area contributed by atoms with Crippen molar-refractivity contribution >= 4 is 45.9 Å². The second kappa shape index (κ2) is 7.50. The Morgan fingerprint density at radius 1 is 1.31 bits per heavy atom. The molecule has 0 radical (unpaired) electrons. The molecule has 2 heterocycles. The summed E-state index contributed by atoms with van der Waals surface area (Å²) < 4.78 is 2.89. The molecule has 8 nitrogen and oxygen atoms in total. The zero-order valence-electron chi connectivity index (χ0n) is 13.9. The van der Waals surface area contributed by atoms with Gasteiger partial charge in [0.1, 0.15) is 0 Å². The molecule has 136 valence electrons. The van der Waals surface area contributed by atoms with Crippen molar-refractivity contribution in [3.63, 3.8) is 0 Å². The molecule has 0 aliphatic carbocycles. The average Bonchev–Trinajstić information content (AvgIpc) is 3.05. The van der Waals surface area contributed by atoms with Gasteiger partial charge in [-0.3, -0.25) is 24.4 Å². The van der Waals surface area contributed by atoms with Crippen molar-refractivity contribution in [1.29, 1.82) is 0 Å². The number of rotatable bonds is 6. The molecular formula is C16H16BrN5O3S. The number of amides is 3. The molecule has 3 rings (SSSR count). The number of hydrogen-bond acceptors (Lipinski definition) is 5. The fraction of sp³-hybridized carbons (Fsp3) is 0.312. The van der Waals surface area contributed by atoms with Crippen LogP contribution < -0.4 is 5.32 Å². The van der Waals surface area contributed by atoms with E-state index in [2.05, 4.69) is 31.4 Å². The number of carbonyl (C=O) groups excluding carboxylic acids is 3. The number of nitrogens with one attached hydrogen (secondary N) is 2. The molecule has 2 aromatic rings. The topological polar surface area (TPSA) is 100 Å². The van der Waals surface area contributed by atoms with Gasteiger partial charge in [0, 0.05) is 24.5 Å². The van der Waals surface area contributed by atoms with Gasteiger partial charge < -0.3 is 9.88 Å². The van der Waals surface area contributed by atoms with Gasteiger partial charge in [0.05, 0.1) is 17.7 Å². The molecule has 0 saturated heterocycles. The Labute approximate surface area is 162 Å². The maximum Gasteiger partial charge on any atom is 0.261 e. The second-order valence-corrected chi connectivity index (χ2v) is 7.14. The first-order chi connectivity index (χ1) is 12.4. The van der Waals surface area contributed by atoms with Crippen LogP contribution in [0.1, 0.15) is 39.4 Å². The first-order valence-corrected chi connectivity index (χ1v) is 9.11. The molecule has 0 bridgehead atoms. The third kappa shape index (κ3) is 3.61. The van der Waals surface area contributed by atoms with Gasteiger partial charge in [-0.15, -0.1) is 0 Å². The van der Waals surface area contributed by atoms with Gasteiger partial charge in [-0.2, -0.15) is 5.10 Å². The summed E-state index contributed by atoms with van der Waals surface area (Å²) in [4.78, 5) is 37.8. The minimum absolute atomic E-state index is 0.182. The van der Waals surface area contributed by atoms with Crippen LogP contribution in [0.3, 0.4) is 0 Å². The molecular weight excluding hydrogens is 422 g/mol. The Hall–Kier alpha value is -2.33. The lowest BCUT2D eigenvalue weighted by Crippen LogP contribution is -2.32. The summed E-state index contributed by atoms with van der Waals surface area (Å²) >= 11 is 8.30. The first-order valence-electron chi connectivity index (χ1n) is 7.91. The summed E-state index contributed by atoms with van der Waals surface area (Å²) in [5.74, 6) is -0.208. The normalized spacial score (nSPS) is 13.2. The fourth-order valence-corrected chi connectivity index (χ4v) is 3.18. The predicted octanol–water partition coefficient (Wildman–Crippen LogP) is 1.93. The Morgan fingerprint density at radius 2 is 2.04 bits per heavy atom.